The third kappa shape index (κ3) is 5.39. The van der Waals surface area contributed by atoms with Crippen LogP contribution >= 0.6 is 11.8 Å². The topological polar surface area (TPSA) is 69.7 Å². The van der Waals surface area contributed by atoms with Crippen molar-refractivity contribution >= 4 is 46.3 Å². The van der Waals surface area contributed by atoms with Crippen LogP contribution in [0.4, 0.5) is 29.3 Å². The van der Waals surface area contributed by atoms with E-state index >= 15 is 0 Å². The Morgan fingerprint density at radius 1 is 1.06 bits per heavy atom. The number of rotatable bonds is 5. The summed E-state index contributed by atoms with van der Waals surface area (Å²) in [5.41, 5.74) is 0.862. The Morgan fingerprint density at radius 2 is 1.76 bits per heavy atom. The highest BCUT2D eigenvalue weighted by Crippen LogP contribution is 2.33. The summed E-state index contributed by atoms with van der Waals surface area (Å²) in [6.07, 6.45) is -0.638. The van der Waals surface area contributed by atoms with Gasteiger partial charge < -0.3 is 10.2 Å². The molecule has 0 aromatic heterocycles. The van der Waals surface area contributed by atoms with Gasteiger partial charge in [-0.1, -0.05) is 18.2 Å². The maximum absolute atomic E-state index is 12.8. The number of benzene rings is 2. The maximum atomic E-state index is 12.8. The van der Waals surface area contributed by atoms with Crippen molar-refractivity contribution < 1.29 is 27.6 Å². The Labute approximate surface area is 192 Å². The largest absolute Gasteiger partial charge is 0.416 e. The molecule has 10 heteroatoms. The van der Waals surface area contributed by atoms with Crippen molar-refractivity contribution in [2.75, 3.05) is 29.9 Å². The Hall–Kier alpha value is -3.27. The summed E-state index contributed by atoms with van der Waals surface area (Å²) >= 11 is 0.720. The second-order valence-electron chi connectivity index (χ2n) is 7.68. The summed E-state index contributed by atoms with van der Waals surface area (Å²) in [7, 11) is 0. The summed E-state index contributed by atoms with van der Waals surface area (Å²) < 4.78 is 38.5. The minimum Gasteiger partial charge on any atom is -0.372 e. The molecule has 0 unspecified atom stereocenters. The van der Waals surface area contributed by atoms with Gasteiger partial charge in [0.1, 0.15) is 6.54 Å². The number of nitrogens with zero attached hydrogens (tertiary/aromatic N) is 2. The monoisotopic (exact) mass is 475 g/mol. The molecule has 2 saturated heterocycles. The normalized spacial score (nSPS) is 17.8. The lowest BCUT2D eigenvalue weighted by molar-refractivity contribution is -0.137. The smallest absolute Gasteiger partial charge is 0.372 e. The van der Waals surface area contributed by atoms with E-state index in [1.54, 1.807) is 6.08 Å². The van der Waals surface area contributed by atoms with Crippen LogP contribution in [0.3, 0.4) is 0 Å². The molecule has 2 aromatic rings. The molecule has 0 aliphatic carbocycles. The van der Waals surface area contributed by atoms with E-state index in [-0.39, 0.29) is 10.6 Å². The lowest BCUT2D eigenvalue weighted by Crippen LogP contribution is -2.36. The first kappa shape index (κ1) is 22.9. The van der Waals surface area contributed by atoms with Gasteiger partial charge in [0.2, 0.25) is 5.91 Å². The molecule has 2 aliphatic heterocycles. The molecule has 1 N–H and O–H groups in total. The molecule has 2 heterocycles. The van der Waals surface area contributed by atoms with Gasteiger partial charge in [-0.3, -0.25) is 19.3 Å². The number of carbonyl (C=O) groups is 3. The molecule has 172 valence electrons. The van der Waals surface area contributed by atoms with Gasteiger partial charge in [-0.05, 0) is 66.6 Å². The predicted molar refractivity (Wildman–Crippen MR) is 121 cm³/mol. The fourth-order valence-corrected chi connectivity index (χ4v) is 4.50. The summed E-state index contributed by atoms with van der Waals surface area (Å²) in [5.74, 6) is -1.39. The van der Waals surface area contributed by atoms with Crippen LogP contribution in [-0.4, -0.2) is 41.6 Å². The van der Waals surface area contributed by atoms with Crippen molar-refractivity contribution in [1.82, 2.24) is 4.90 Å². The van der Waals surface area contributed by atoms with E-state index in [9.17, 15) is 27.6 Å². The molecular formula is C23H20F3N3O3S. The molecule has 0 bridgehead atoms. The minimum absolute atomic E-state index is 0.0737. The first-order valence-electron chi connectivity index (χ1n) is 10.3. The third-order valence-corrected chi connectivity index (χ3v) is 6.22. The van der Waals surface area contributed by atoms with E-state index in [4.69, 9.17) is 0 Å². The summed E-state index contributed by atoms with van der Waals surface area (Å²) in [6.45, 7) is 1.44. The molecular weight excluding hydrogens is 455 g/mol. The molecule has 6 nitrogen and oxygen atoms in total. The molecule has 0 spiro atoms. The van der Waals surface area contributed by atoms with Crippen molar-refractivity contribution in [3.8, 4) is 0 Å². The van der Waals surface area contributed by atoms with E-state index in [0.717, 1.165) is 72.0 Å². The number of halogens is 3. The van der Waals surface area contributed by atoms with Crippen LogP contribution in [0.25, 0.3) is 6.08 Å². The highest BCUT2D eigenvalue weighted by molar-refractivity contribution is 8.18. The Kier molecular flexibility index (Phi) is 6.46. The minimum atomic E-state index is -4.55. The second kappa shape index (κ2) is 9.30. The number of alkyl halides is 3. The molecule has 2 aliphatic rings. The van der Waals surface area contributed by atoms with Gasteiger partial charge in [-0.15, -0.1) is 0 Å². The quantitative estimate of drug-likeness (QED) is 0.618. The number of hydrogen-bond acceptors (Lipinski definition) is 5. The summed E-state index contributed by atoms with van der Waals surface area (Å²) in [5, 5.41) is 1.69. The molecule has 2 aromatic carbocycles. The molecule has 2 fully saturated rings. The number of carbonyl (C=O) groups excluding carboxylic acids is 3. The zero-order valence-corrected chi connectivity index (χ0v) is 18.2. The van der Waals surface area contributed by atoms with Crippen LogP contribution in [0.15, 0.2) is 53.4 Å². The van der Waals surface area contributed by atoms with Gasteiger partial charge in [0, 0.05) is 24.5 Å². The van der Waals surface area contributed by atoms with Crippen molar-refractivity contribution in [3.05, 3.63) is 64.6 Å². The lowest BCUT2D eigenvalue weighted by Gasteiger charge is -2.17. The van der Waals surface area contributed by atoms with Crippen LogP contribution in [0.2, 0.25) is 0 Å². The van der Waals surface area contributed by atoms with Gasteiger partial charge in [-0.25, -0.2) is 0 Å². The summed E-state index contributed by atoms with van der Waals surface area (Å²) in [6, 6.07) is 11.8. The zero-order chi connectivity index (χ0) is 23.6. The van der Waals surface area contributed by atoms with Gasteiger partial charge in [0.15, 0.2) is 0 Å². The number of amides is 3. The highest BCUT2D eigenvalue weighted by atomic mass is 32.2. The van der Waals surface area contributed by atoms with E-state index in [0.29, 0.717) is 0 Å². The van der Waals surface area contributed by atoms with E-state index in [2.05, 4.69) is 10.2 Å². The van der Waals surface area contributed by atoms with Crippen LogP contribution in [0.1, 0.15) is 24.0 Å². The number of hydrogen-bond donors (Lipinski definition) is 1. The molecule has 0 atom stereocenters. The number of imide groups is 1. The molecule has 33 heavy (non-hydrogen) atoms. The van der Waals surface area contributed by atoms with Crippen LogP contribution in [0, 0.1) is 0 Å². The first-order valence-corrected chi connectivity index (χ1v) is 11.1. The molecule has 3 amide bonds. The van der Waals surface area contributed by atoms with E-state index in [1.807, 2.05) is 24.3 Å². The maximum Gasteiger partial charge on any atom is 0.416 e. The fourth-order valence-electron chi connectivity index (χ4n) is 3.66. The van der Waals surface area contributed by atoms with Crippen molar-refractivity contribution in [2.24, 2.45) is 0 Å². The average Bonchev–Trinajstić information content (AvgIpc) is 3.39. The fraction of sp³-hybridized carbons (Fsp3) is 0.261. The summed E-state index contributed by atoms with van der Waals surface area (Å²) in [4.78, 5) is 40.4. The third-order valence-electron chi connectivity index (χ3n) is 5.31. The van der Waals surface area contributed by atoms with Crippen LogP contribution in [0.5, 0.6) is 0 Å². The van der Waals surface area contributed by atoms with Gasteiger partial charge in [0.05, 0.1) is 10.5 Å². The number of thioether (sulfide) groups is 1. The number of anilines is 2. The highest BCUT2D eigenvalue weighted by Gasteiger charge is 2.36. The van der Waals surface area contributed by atoms with Crippen LogP contribution in [-0.2, 0) is 15.8 Å². The van der Waals surface area contributed by atoms with Gasteiger partial charge >= 0.3 is 6.18 Å². The Bertz CT molecular complexity index is 1110. The van der Waals surface area contributed by atoms with Gasteiger partial charge in [-0.2, -0.15) is 13.2 Å². The Morgan fingerprint density at radius 3 is 2.42 bits per heavy atom. The first-order chi connectivity index (χ1) is 15.7. The second-order valence-corrected chi connectivity index (χ2v) is 8.67. The van der Waals surface area contributed by atoms with E-state index < -0.39 is 35.3 Å². The zero-order valence-electron chi connectivity index (χ0n) is 17.4. The van der Waals surface area contributed by atoms with Crippen molar-refractivity contribution in [2.45, 2.75) is 19.0 Å². The van der Waals surface area contributed by atoms with Crippen molar-refractivity contribution in [1.29, 1.82) is 0 Å². The number of nitrogens with one attached hydrogen (secondary N) is 1. The predicted octanol–water partition coefficient (Wildman–Crippen LogP) is 4.98. The van der Waals surface area contributed by atoms with Gasteiger partial charge in [0.25, 0.3) is 11.1 Å². The molecule has 4 rings (SSSR count). The molecule has 0 saturated carbocycles. The van der Waals surface area contributed by atoms with Crippen molar-refractivity contribution in [3.63, 3.8) is 0 Å². The Balaban J connectivity index is 1.40. The molecule has 0 radical (unpaired) electrons. The standard InChI is InChI=1S/C23H20F3N3O3S/c24-23(25,26)16-4-3-5-17(13-16)27-20(30)14-29-21(31)19(33-22(29)32)12-15-6-8-18(9-7-15)28-10-1-2-11-28/h3-9,12-13H,1-2,10-11,14H2,(H,27,30)/b19-12-. The average molecular weight is 475 g/mol. The SMILES string of the molecule is O=C(CN1C(=O)S/C(=C\c2ccc(N3CCCC3)cc2)C1=O)Nc1cccc(C(F)(F)F)c1. The van der Waals surface area contributed by atoms with E-state index in [1.165, 1.54) is 6.07 Å². The van der Waals surface area contributed by atoms with Crippen LogP contribution < -0.4 is 10.2 Å². The lowest BCUT2D eigenvalue weighted by atomic mass is 10.2.